The topological polar surface area (TPSA) is 56.5 Å². The van der Waals surface area contributed by atoms with Crippen molar-refractivity contribution < 1.29 is 14.6 Å². The lowest BCUT2D eigenvalue weighted by Gasteiger charge is -2.11. The summed E-state index contributed by atoms with van der Waals surface area (Å²) in [5, 5.41) is 9.86. The van der Waals surface area contributed by atoms with Crippen LogP contribution < -0.4 is 9.47 Å². The van der Waals surface area contributed by atoms with Crippen molar-refractivity contribution in [3.05, 3.63) is 24.5 Å². The summed E-state index contributed by atoms with van der Waals surface area (Å²) in [4.78, 5) is 4.31. The lowest BCUT2D eigenvalue weighted by atomic mass is 10.1. The number of aryl methyl sites for hydroxylation is 1. The molecule has 5 heteroatoms. The zero-order chi connectivity index (χ0) is 13.1. The smallest absolute Gasteiger partial charge is 0.200 e. The largest absolute Gasteiger partial charge is 0.502 e. The average Bonchev–Trinajstić information content (AvgIpc) is 2.87. The maximum atomic E-state index is 9.86. The fourth-order valence-corrected chi connectivity index (χ4v) is 1.85. The van der Waals surface area contributed by atoms with Crippen LogP contribution in [0.15, 0.2) is 24.5 Å². The Kier molecular flexibility index (Phi) is 3.41. The van der Waals surface area contributed by atoms with Crippen molar-refractivity contribution in [1.82, 2.24) is 9.55 Å². The highest BCUT2D eigenvalue weighted by atomic mass is 16.5. The lowest BCUT2D eigenvalue weighted by Crippen LogP contribution is -1.97. The summed E-state index contributed by atoms with van der Waals surface area (Å²) in [6, 6.07) is 3.48. The van der Waals surface area contributed by atoms with Gasteiger partial charge in [0.15, 0.2) is 11.5 Å². The van der Waals surface area contributed by atoms with E-state index in [1.54, 1.807) is 18.3 Å². The van der Waals surface area contributed by atoms with E-state index in [9.17, 15) is 5.11 Å². The number of aromatic nitrogens is 2. The molecular formula is C13H16N2O3. The lowest BCUT2D eigenvalue weighted by molar-refractivity contribution is 0.340. The number of phenolic OH excluding ortho intramolecular Hbond substituents is 1. The number of methoxy groups -OCH3 is 2. The van der Waals surface area contributed by atoms with Gasteiger partial charge in [0.25, 0.3) is 0 Å². The van der Waals surface area contributed by atoms with Gasteiger partial charge in [0, 0.05) is 24.5 Å². The third kappa shape index (κ3) is 1.99. The standard InChI is InChI=1S/C13H16N2O3/c1-4-15-6-5-14-13(15)9-7-10(17-2)12(16)11(8-9)18-3/h5-8,16H,4H2,1-3H3. The Morgan fingerprint density at radius 3 is 2.33 bits per heavy atom. The minimum Gasteiger partial charge on any atom is -0.502 e. The first-order chi connectivity index (χ1) is 8.71. The molecule has 0 amide bonds. The van der Waals surface area contributed by atoms with Crippen molar-refractivity contribution >= 4 is 0 Å². The molecule has 0 unspecified atom stereocenters. The number of imidazole rings is 1. The van der Waals surface area contributed by atoms with Crippen molar-refractivity contribution in [2.24, 2.45) is 0 Å². The van der Waals surface area contributed by atoms with E-state index in [1.807, 2.05) is 17.7 Å². The number of aromatic hydroxyl groups is 1. The number of hydrogen-bond donors (Lipinski definition) is 1. The fraction of sp³-hybridized carbons (Fsp3) is 0.308. The molecule has 1 aromatic heterocycles. The van der Waals surface area contributed by atoms with E-state index in [1.165, 1.54) is 14.2 Å². The first-order valence-corrected chi connectivity index (χ1v) is 5.67. The molecule has 0 saturated carbocycles. The SMILES string of the molecule is CCn1ccnc1-c1cc(OC)c(O)c(OC)c1. The van der Waals surface area contributed by atoms with Gasteiger partial charge in [-0.2, -0.15) is 0 Å². The predicted molar refractivity (Wildman–Crippen MR) is 68.1 cm³/mol. The van der Waals surface area contributed by atoms with E-state index < -0.39 is 0 Å². The van der Waals surface area contributed by atoms with Crippen LogP contribution in [0.1, 0.15) is 6.92 Å². The monoisotopic (exact) mass is 248 g/mol. The van der Waals surface area contributed by atoms with Crippen molar-refractivity contribution in [2.75, 3.05) is 14.2 Å². The van der Waals surface area contributed by atoms with Crippen molar-refractivity contribution in [2.45, 2.75) is 13.5 Å². The summed E-state index contributed by atoms with van der Waals surface area (Å²) >= 11 is 0. The molecular weight excluding hydrogens is 232 g/mol. The van der Waals surface area contributed by atoms with Crippen LogP contribution in [-0.2, 0) is 6.54 Å². The zero-order valence-corrected chi connectivity index (χ0v) is 10.7. The van der Waals surface area contributed by atoms with Crippen LogP contribution in [0.3, 0.4) is 0 Å². The van der Waals surface area contributed by atoms with E-state index in [-0.39, 0.29) is 5.75 Å². The molecule has 0 radical (unpaired) electrons. The maximum Gasteiger partial charge on any atom is 0.200 e. The first-order valence-electron chi connectivity index (χ1n) is 5.67. The van der Waals surface area contributed by atoms with Crippen LogP contribution in [0, 0.1) is 0 Å². The highest BCUT2D eigenvalue weighted by Crippen LogP contribution is 2.39. The first kappa shape index (κ1) is 12.3. The Bertz CT molecular complexity index is 524. The molecule has 1 N–H and O–H groups in total. The second-order valence-electron chi connectivity index (χ2n) is 3.77. The van der Waals surface area contributed by atoms with Gasteiger partial charge >= 0.3 is 0 Å². The van der Waals surface area contributed by atoms with E-state index >= 15 is 0 Å². The summed E-state index contributed by atoms with van der Waals surface area (Å²) in [5.41, 5.74) is 0.841. The van der Waals surface area contributed by atoms with Gasteiger partial charge < -0.3 is 19.1 Å². The minimum absolute atomic E-state index is 0.00152. The molecule has 0 saturated heterocycles. The van der Waals surface area contributed by atoms with E-state index in [4.69, 9.17) is 9.47 Å². The molecule has 0 fully saturated rings. The number of rotatable bonds is 4. The molecule has 0 bridgehead atoms. The second kappa shape index (κ2) is 5.00. The maximum absolute atomic E-state index is 9.86. The van der Waals surface area contributed by atoms with Gasteiger partial charge in [0.2, 0.25) is 5.75 Å². The molecule has 1 aromatic carbocycles. The van der Waals surface area contributed by atoms with E-state index in [0.29, 0.717) is 11.5 Å². The Balaban J connectivity index is 2.58. The molecule has 0 spiro atoms. The number of nitrogens with zero attached hydrogens (tertiary/aromatic N) is 2. The van der Waals surface area contributed by atoms with E-state index in [2.05, 4.69) is 4.98 Å². The van der Waals surface area contributed by atoms with Gasteiger partial charge in [-0.25, -0.2) is 4.98 Å². The molecule has 96 valence electrons. The Hall–Kier alpha value is -2.17. The predicted octanol–water partition coefficient (Wildman–Crippen LogP) is 2.29. The molecule has 1 heterocycles. The summed E-state index contributed by atoms with van der Waals surface area (Å²) in [6.07, 6.45) is 3.64. The number of benzene rings is 1. The van der Waals surface area contributed by atoms with E-state index in [0.717, 1.165) is 17.9 Å². The van der Waals surface area contributed by atoms with Crippen LogP contribution in [0.4, 0.5) is 0 Å². The molecule has 2 aromatic rings. The van der Waals surface area contributed by atoms with Crippen molar-refractivity contribution in [3.63, 3.8) is 0 Å². The molecule has 0 atom stereocenters. The van der Waals surface area contributed by atoms with Crippen LogP contribution >= 0.6 is 0 Å². The Morgan fingerprint density at radius 1 is 1.22 bits per heavy atom. The highest BCUT2D eigenvalue weighted by Gasteiger charge is 2.14. The third-order valence-electron chi connectivity index (χ3n) is 2.79. The highest BCUT2D eigenvalue weighted by molar-refractivity contribution is 5.66. The van der Waals surface area contributed by atoms with Crippen LogP contribution in [0.25, 0.3) is 11.4 Å². The fourth-order valence-electron chi connectivity index (χ4n) is 1.85. The Labute approximate surface area is 106 Å². The molecule has 0 aliphatic carbocycles. The van der Waals surface area contributed by atoms with Crippen molar-refractivity contribution in [3.8, 4) is 28.6 Å². The van der Waals surface area contributed by atoms with Crippen LogP contribution in [-0.4, -0.2) is 28.9 Å². The molecule has 18 heavy (non-hydrogen) atoms. The quantitative estimate of drug-likeness (QED) is 0.902. The minimum atomic E-state index is -0.00152. The van der Waals surface area contributed by atoms with Crippen molar-refractivity contribution in [1.29, 1.82) is 0 Å². The molecule has 0 aliphatic heterocycles. The Morgan fingerprint density at radius 2 is 1.83 bits per heavy atom. The van der Waals surface area contributed by atoms with Crippen LogP contribution in [0.2, 0.25) is 0 Å². The summed E-state index contributed by atoms with van der Waals surface area (Å²) < 4.78 is 12.3. The van der Waals surface area contributed by atoms with Gasteiger partial charge in [0.05, 0.1) is 14.2 Å². The number of phenols is 1. The zero-order valence-electron chi connectivity index (χ0n) is 10.7. The van der Waals surface area contributed by atoms with Gasteiger partial charge in [-0.15, -0.1) is 0 Å². The second-order valence-corrected chi connectivity index (χ2v) is 3.77. The van der Waals surface area contributed by atoms with Gasteiger partial charge in [0.1, 0.15) is 5.82 Å². The van der Waals surface area contributed by atoms with Gasteiger partial charge in [-0.3, -0.25) is 0 Å². The molecule has 2 rings (SSSR count). The van der Waals surface area contributed by atoms with Crippen LogP contribution in [0.5, 0.6) is 17.2 Å². The summed E-state index contributed by atoms with van der Waals surface area (Å²) in [5.74, 6) is 1.55. The normalized spacial score (nSPS) is 10.4. The molecule has 0 aliphatic rings. The molecule has 5 nitrogen and oxygen atoms in total. The van der Waals surface area contributed by atoms with Gasteiger partial charge in [-0.1, -0.05) is 0 Å². The summed E-state index contributed by atoms with van der Waals surface area (Å²) in [6.45, 7) is 2.86. The third-order valence-corrected chi connectivity index (χ3v) is 2.79. The average molecular weight is 248 g/mol. The number of hydrogen-bond acceptors (Lipinski definition) is 4. The van der Waals surface area contributed by atoms with Gasteiger partial charge in [-0.05, 0) is 19.1 Å². The number of ether oxygens (including phenoxy) is 2. The summed E-state index contributed by atoms with van der Waals surface area (Å²) in [7, 11) is 3.01.